The van der Waals surface area contributed by atoms with Crippen molar-refractivity contribution in [2.45, 2.75) is 76.0 Å². The number of piperidine rings is 1. The van der Waals surface area contributed by atoms with Crippen LogP contribution in [-0.4, -0.2) is 66.6 Å². The van der Waals surface area contributed by atoms with Crippen LogP contribution in [0.25, 0.3) is 0 Å². The number of nitrogens with zero attached hydrogens (tertiary/aromatic N) is 1. The number of aliphatic carboxylic acids is 1. The summed E-state index contributed by atoms with van der Waals surface area (Å²) in [4.78, 5) is 25.3. The summed E-state index contributed by atoms with van der Waals surface area (Å²) in [6.45, 7) is 2.95. The van der Waals surface area contributed by atoms with Gasteiger partial charge in [-0.1, -0.05) is 0 Å². The van der Waals surface area contributed by atoms with Gasteiger partial charge in [-0.05, 0) is 57.8 Å². The summed E-state index contributed by atoms with van der Waals surface area (Å²) in [6.07, 6.45) is 8.47. The third-order valence-corrected chi connectivity index (χ3v) is 5.93. The molecule has 2 aliphatic heterocycles. The second kappa shape index (κ2) is 9.55. The lowest BCUT2D eigenvalue weighted by Crippen LogP contribution is -2.50. The predicted molar refractivity (Wildman–Crippen MR) is 96.1 cm³/mol. The summed E-state index contributed by atoms with van der Waals surface area (Å²) in [6, 6.07) is 0.0911. The molecule has 3 rings (SSSR count). The van der Waals surface area contributed by atoms with Crippen molar-refractivity contribution in [1.29, 1.82) is 0 Å². The molecule has 7 nitrogen and oxygen atoms in total. The Morgan fingerprint density at radius 2 is 1.77 bits per heavy atom. The van der Waals surface area contributed by atoms with E-state index in [1.807, 2.05) is 4.90 Å². The molecule has 148 valence electrons. The number of rotatable bonds is 5. The maximum Gasteiger partial charge on any atom is 0.317 e. The standard InChI is InChI=1S/C19H32N2O5/c22-18(23)14-4-6-15(7-5-14)20-19(24)21-10-8-16(9-11-21)26-13-17-3-1-2-12-25-17/h14-17H,1-13H2,(H,20,24)(H,22,23). The second-order valence-corrected chi connectivity index (χ2v) is 7.84. The molecule has 2 heterocycles. The summed E-state index contributed by atoms with van der Waals surface area (Å²) in [5, 5.41) is 12.1. The van der Waals surface area contributed by atoms with E-state index in [1.165, 1.54) is 6.42 Å². The number of amides is 2. The zero-order valence-electron chi connectivity index (χ0n) is 15.5. The van der Waals surface area contributed by atoms with Crippen molar-refractivity contribution in [3.63, 3.8) is 0 Å². The normalized spacial score (nSPS) is 30.8. The van der Waals surface area contributed by atoms with Crippen LogP contribution < -0.4 is 5.32 Å². The van der Waals surface area contributed by atoms with E-state index < -0.39 is 5.97 Å². The number of urea groups is 1. The maximum atomic E-state index is 12.4. The summed E-state index contributed by atoms with van der Waals surface area (Å²) in [5.74, 6) is -0.959. The van der Waals surface area contributed by atoms with E-state index in [9.17, 15) is 9.59 Å². The Morgan fingerprint density at radius 3 is 2.38 bits per heavy atom. The van der Waals surface area contributed by atoms with Crippen LogP contribution in [0, 0.1) is 5.92 Å². The van der Waals surface area contributed by atoms with Gasteiger partial charge < -0.3 is 24.8 Å². The van der Waals surface area contributed by atoms with Gasteiger partial charge in [0, 0.05) is 25.7 Å². The fourth-order valence-electron chi connectivity index (χ4n) is 4.16. The van der Waals surface area contributed by atoms with Gasteiger partial charge in [-0.25, -0.2) is 4.79 Å². The molecule has 2 saturated heterocycles. The molecule has 3 fully saturated rings. The molecule has 7 heteroatoms. The fourth-order valence-corrected chi connectivity index (χ4v) is 4.16. The Morgan fingerprint density at radius 1 is 1.04 bits per heavy atom. The minimum atomic E-state index is -0.713. The van der Waals surface area contributed by atoms with Crippen LogP contribution >= 0.6 is 0 Å². The summed E-state index contributed by atoms with van der Waals surface area (Å²) >= 11 is 0. The molecule has 26 heavy (non-hydrogen) atoms. The molecule has 0 bridgehead atoms. The van der Waals surface area contributed by atoms with Gasteiger partial charge in [0.15, 0.2) is 0 Å². The van der Waals surface area contributed by atoms with Gasteiger partial charge >= 0.3 is 12.0 Å². The van der Waals surface area contributed by atoms with Crippen molar-refractivity contribution < 1.29 is 24.2 Å². The van der Waals surface area contributed by atoms with Crippen LogP contribution in [0.1, 0.15) is 57.8 Å². The Bertz CT molecular complexity index is 465. The molecule has 0 radical (unpaired) electrons. The molecule has 0 spiro atoms. The third-order valence-electron chi connectivity index (χ3n) is 5.93. The summed E-state index contributed by atoms with van der Waals surface area (Å²) in [7, 11) is 0. The molecular formula is C19H32N2O5. The van der Waals surface area contributed by atoms with Crippen LogP contribution in [-0.2, 0) is 14.3 Å². The van der Waals surface area contributed by atoms with E-state index in [-0.39, 0.29) is 30.2 Å². The number of hydrogen-bond donors (Lipinski definition) is 2. The summed E-state index contributed by atoms with van der Waals surface area (Å²) in [5.41, 5.74) is 0. The van der Waals surface area contributed by atoms with E-state index in [2.05, 4.69) is 5.32 Å². The molecule has 1 unspecified atom stereocenters. The van der Waals surface area contributed by atoms with E-state index in [0.29, 0.717) is 32.5 Å². The van der Waals surface area contributed by atoms with Gasteiger partial charge in [-0.3, -0.25) is 4.79 Å². The van der Waals surface area contributed by atoms with Gasteiger partial charge in [0.1, 0.15) is 0 Å². The quantitative estimate of drug-likeness (QED) is 0.778. The van der Waals surface area contributed by atoms with Crippen LogP contribution in [0.5, 0.6) is 0 Å². The number of carbonyl (C=O) groups is 2. The second-order valence-electron chi connectivity index (χ2n) is 7.84. The first-order valence-electron chi connectivity index (χ1n) is 10.1. The Kier molecular flexibility index (Phi) is 7.14. The highest BCUT2D eigenvalue weighted by molar-refractivity contribution is 5.74. The lowest BCUT2D eigenvalue weighted by atomic mass is 9.86. The minimum absolute atomic E-state index is 0.0159. The van der Waals surface area contributed by atoms with Crippen LogP contribution in [0.2, 0.25) is 0 Å². The highest BCUT2D eigenvalue weighted by atomic mass is 16.5. The van der Waals surface area contributed by atoms with E-state index in [1.54, 1.807) is 0 Å². The largest absolute Gasteiger partial charge is 0.481 e. The lowest BCUT2D eigenvalue weighted by molar-refractivity contribution is -0.142. The molecule has 2 amide bonds. The van der Waals surface area contributed by atoms with E-state index in [4.69, 9.17) is 14.6 Å². The van der Waals surface area contributed by atoms with Crippen molar-refractivity contribution in [3.8, 4) is 0 Å². The molecule has 1 saturated carbocycles. The Labute approximate surface area is 155 Å². The van der Waals surface area contributed by atoms with E-state index >= 15 is 0 Å². The monoisotopic (exact) mass is 368 g/mol. The van der Waals surface area contributed by atoms with Gasteiger partial charge in [0.2, 0.25) is 0 Å². The van der Waals surface area contributed by atoms with Crippen LogP contribution in [0.4, 0.5) is 4.79 Å². The van der Waals surface area contributed by atoms with E-state index in [0.717, 1.165) is 45.1 Å². The number of likely N-dealkylation sites (tertiary alicyclic amines) is 1. The average Bonchev–Trinajstić information content (AvgIpc) is 2.68. The van der Waals surface area contributed by atoms with Crippen molar-refractivity contribution in [2.75, 3.05) is 26.3 Å². The van der Waals surface area contributed by atoms with Crippen LogP contribution in [0.15, 0.2) is 0 Å². The third kappa shape index (κ3) is 5.58. The topological polar surface area (TPSA) is 88.1 Å². The summed E-state index contributed by atoms with van der Waals surface area (Å²) < 4.78 is 11.7. The first-order chi connectivity index (χ1) is 12.6. The maximum absolute atomic E-state index is 12.4. The fraction of sp³-hybridized carbons (Fsp3) is 0.895. The first kappa shape index (κ1) is 19.4. The predicted octanol–water partition coefficient (Wildman–Crippen LogP) is 2.39. The molecule has 3 aliphatic rings. The number of nitrogens with one attached hydrogen (secondary N) is 1. The molecule has 0 aromatic heterocycles. The number of carbonyl (C=O) groups excluding carboxylic acids is 1. The highest BCUT2D eigenvalue weighted by Gasteiger charge is 2.29. The number of carboxylic acids is 1. The van der Waals surface area contributed by atoms with Gasteiger partial charge in [-0.15, -0.1) is 0 Å². The zero-order chi connectivity index (χ0) is 18.4. The van der Waals surface area contributed by atoms with Crippen molar-refractivity contribution in [2.24, 2.45) is 5.92 Å². The lowest BCUT2D eigenvalue weighted by Gasteiger charge is -2.35. The molecule has 0 aromatic carbocycles. The average molecular weight is 368 g/mol. The van der Waals surface area contributed by atoms with Gasteiger partial charge in [0.05, 0.1) is 24.7 Å². The molecule has 2 N–H and O–H groups in total. The van der Waals surface area contributed by atoms with Gasteiger partial charge in [0.25, 0.3) is 0 Å². The number of ether oxygens (including phenoxy) is 2. The molecular weight excluding hydrogens is 336 g/mol. The van der Waals surface area contributed by atoms with Crippen molar-refractivity contribution >= 4 is 12.0 Å². The zero-order valence-corrected chi connectivity index (χ0v) is 15.5. The molecule has 1 atom stereocenters. The number of hydrogen-bond acceptors (Lipinski definition) is 4. The van der Waals surface area contributed by atoms with Crippen LogP contribution in [0.3, 0.4) is 0 Å². The molecule has 0 aromatic rings. The first-order valence-corrected chi connectivity index (χ1v) is 10.1. The number of carboxylic acid groups (broad SMARTS) is 1. The van der Waals surface area contributed by atoms with Crippen molar-refractivity contribution in [1.82, 2.24) is 10.2 Å². The SMILES string of the molecule is O=C(O)C1CCC(NC(=O)N2CCC(OCC3CCCCO3)CC2)CC1. The Hall–Kier alpha value is -1.34. The van der Waals surface area contributed by atoms with Gasteiger partial charge in [-0.2, -0.15) is 0 Å². The Balaban J connectivity index is 1.31. The van der Waals surface area contributed by atoms with Crippen molar-refractivity contribution in [3.05, 3.63) is 0 Å². The smallest absolute Gasteiger partial charge is 0.317 e. The molecule has 1 aliphatic carbocycles. The minimum Gasteiger partial charge on any atom is -0.481 e. The highest BCUT2D eigenvalue weighted by Crippen LogP contribution is 2.25.